The van der Waals surface area contributed by atoms with Crippen molar-refractivity contribution in [1.29, 1.82) is 0 Å². The molecule has 9 heteroatoms. The third-order valence-electron chi connectivity index (χ3n) is 4.49. The third kappa shape index (κ3) is 4.75. The van der Waals surface area contributed by atoms with E-state index in [0.29, 0.717) is 17.9 Å². The van der Waals surface area contributed by atoms with Crippen LogP contribution >= 0.6 is 0 Å². The van der Waals surface area contributed by atoms with E-state index in [1.165, 1.54) is 18.5 Å². The number of hydrogen-bond acceptors (Lipinski definition) is 6. The van der Waals surface area contributed by atoms with Gasteiger partial charge in [0.25, 0.3) is 11.8 Å². The Morgan fingerprint density at radius 1 is 1.17 bits per heavy atom. The molecule has 0 unspecified atom stereocenters. The topological polar surface area (TPSA) is 118 Å². The molecule has 1 aliphatic heterocycles. The summed E-state index contributed by atoms with van der Waals surface area (Å²) in [7, 11) is 0. The van der Waals surface area contributed by atoms with Crippen LogP contribution in [-0.4, -0.2) is 46.0 Å². The number of urea groups is 1. The fourth-order valence-corrected chi connectivity index (χ4v) is 2.85. The van der Waals surface area contributed by atoms with E-state index >= 15 is 0 Å². The minimum atomic E-state index is -1.15. The first-order chi connectivity index (χ1) is 13.9. The fraction of sp³-hybridized carbons (Fsp3) is 0.250. The Morgan fingerprint density at radius 3 is 2.62 bits per heavy atom. The van der Waals surface area contributed by atoms with Gasteiger partial charge in [-0.05, 0) is 37.5 Å². The van der Waals surface area contributed by atoms with Crippen LogP contribution in [0.3, 0.4) is 0 Å². The summed E-state index contributed by atoms with van der Waals surface area (Å²) in [5.41, 5.74) is 2.24. The highest BCUT2D eigenvalue weighted by Gasteiger charge is 2.48. The van der Waals surface area contributed by atoms with E-state index < -0.39 is 36.0 Å². The van der Waals surface area contributed by atoms with Crippen molar-refractivity contribution in [2.75, 3.05) is 6.61 Å². The number of benzene rings is 1. The Labute approximate surface area is 167 Å². The Balaban J connectivity index is 1.53. The van der Waals surface area contributed by atoms with Crippen molar-refractivity contribution in [3.63, 3.8) is 0 Å². The van der Waals surface area contributed by atoms with Gasteiger partial charge in [0.2, 0.25) is 0 Å². The molecule has 1 aliphatic rings. The summed E-state index contributed by atoms with van der Waals surface area (Å²) in [6, 6.07) is 11.9. The lowest BCUT2D eigenvalue weighted by atomic mass is 9.93. The number of amides is 4. The second-order valence-corrected chi connectivity index (χ2v) is 6.74. The summed E-state index contributed by atoms with van der Waals surface area (Å²) < 4.78 is 4.87. The molecular formula is C20H20N4O5. The molecule has 3 rings (SSSR count). The molecule has 2 N–H and O–H groups in total. The van der Waals surface area contributed by atoms with E-state index in [9.17, 15) is 19.2 Å². The molecule has 9 nitrogen and oxygen atoms in total. The van der Waals surface area contributed by atoms with Crippen LogP contribution < -0.4 is 10.7 Å². The van der Waals surface area contributed by atoms with Gasteiger partial charge < -0.3 is 10.1 Å². The summed E-state index contributed by atoms with van der Waals surface area (Å²) >= 11 is 0. The van der Waals surface area contributed by atoms with E-state index in [4.69, 9.17) is 4.74 Å². The van der Waals surface area contributed by atoms with Crippen LogP contribution in [0.4, 0.5) is 4.79 Å². The number of carbonyl (C=O) groups excluding carboxylic acids is 4. The number of nitrogens with one attached hydrogen (secondary N) is 2. The van der Waals surface area contributed by atoms with E-state index in [0.717, 1.165) is 5.56 Å². The van der Waals surface area contributed by atoms with Crippen LogP contribution in [0.1, 0.15) is 29.3 Å². The summed E-state index contributed by atoms with van der Waals surface area (Å²) in [5, 5.41) is 3.22. The molecule has 1 atom stereocenters. The molecule has 1 fully saturated rings. The van der Waals surface area contributed by atoms with Crippen LogP contribution in [0.2, 0.25) is 0 Å². The van der Waals surface area contributed by atoms with E-state index in [1.54, 1.807) is 13.0 Å². The monoisotopic (exact) mass is 396 g/mol. The minimum Gasteiger partial charge on any atom is -0.452 e. The van der Waals surface area contributed by atoms with Crippen LogP contribution in [0, 0.1) is 0 Å². The molecular weight excluding hydrogens is 376 g/mol. The van der Waals surface area contributed by atoms with Gasteiger partial charge in [0.05, 0.1) is 5.56 Å². The number of hydrazine groups is 1. The highest BCUT2D eigenvalue weighted by Crippen LogP contribution is 2.22. The normalized spacial score (nSPS) is 18.3. The zero-order valence-corrected chi connectivity index (χ0v) is 15.8. The fourth-order valence-electron chi connectivity index (χ4n) is 2.85. The molecule has 0 aliphatic carbocycles. The lowest BCUT2D eigenvalue weighted by Crippen LogP contribution is -2.50. The molecule has 29 heavy (non-hydrogen) atoms. The quantitative estimate of drug-likeness (QED) is 0.537. The predicted octanol–water partition coefficient (Wildman–Crippen LogP) is 1.21. The Bertz CT molecular complexity index is 919. The average Bonchev–Trinajstić information content (AvgIpc) is 2.95. The summed E-state index contributed by atoms with van der Waals surface area (Å²) in [6.07, 6.45) is 3.74. The summed E-state index contributed by atoms with van der Waals surface area (Å²) in [4.78, 5) is 52.5. The third-order valence-corrected chi connectivity index (χ3v) is 4.49. The smallest absolute Gasteiger partial charge is 0.344 e. The number of aromatic nitrogens is 1. The number of nitrogens with zero attached hydrogens (tertiary/aromatic N) is 2. The van der Waals surface area contributed by atoms with Crippen molar-refractivity contribution in [2.24, 2.45) is 0 Å². The minimum absolute atomic E-state index is 0.184. The molecule has 2 aromatic rings. The number of imide groups is 1. The zero-order valence-electron chi connectivity index (χ0n) is 15.8. The highest BCUT2D eigenvalue weighted by atomic mass is 16.5. The van der Waals surface area contributed by atoms with E-state index in [-0.39, 0.29) is 5.56 Å². The molecule has 0 radical (unpaired) electrons. The van der Waals surface area contributed by atoms with Crippen molar-refractivity contribution in [3.8, 4) is 0 Å². The number of carbonyl (C=O) groups is 4. The summed E-state index contributed by atoms with van der Waals surface area (Å²) in [5.74, 6) is -2.12. The van der Waals surface area contributed by atoms with Gasteiger partial charge in [0, 0.05) is 12.4 Å². The van der Waals surface area contributed by atoms with Crippen molar-refractivity contribution < 1.29 is 23.9 Å². The predicted molar refractivity (Wildman–Crippen MR) is 101 cm³/mol. The molecule has 0 spiro atoms. The molecule has 0 bridgehead atoms. The van der Waals surface area contributed by atoms with E-state index in [2.05, 4.69) is 15.7 Å². The second kappa shape index (κ2) is 8.51. The number of aryl methyl sites for hydroxylation is 1. The van der Waals surface area contributed by atoms with Crippen LogP contribution in [0.5, 0.6) is 0 Å². The zero-order chi connectivity index (χ0) is 20.9. The Morgan fingerprint density at radius 2 is 1.93 bits per heavy atom. The van der Waals surface area contributed by atoms with Gasteiger partial charge in [0.1, 0.15) is 5.54 Å². The number of rotatable bonds is 7. The molecule has 1 saturated heterocycles. The van der Waals surface area contributed by atoms with E-state index in [1.807, 2.05) is 30.3 Å². The SMILES string of the molecule is C[C@@]1(CCc2ccccc2)NC(=O)N(NC(=O)COC(=O)c2cccnc2)C1=O. The molecule has 1 aromatic heterocycles. The first-order valence-electron chi connectivity index (χ1n) is 8.96. The molecule has 150 valence electrons. The van der Waals surface area contributed by atoms with Gasteiger partial charge in [-0.3, -0.25) is 20.0 Å². The largest absolute Gasteiger partial charge is 0.452 e. The maximum Gasteiger partial charge on any atom is 0.344 e. The Hall–Kier alpha value is -3.75. The first kappa shape index (κ1) is 20.0. The number of hydrogen-bond donors (Lipinski definition) is 2. The number of ether oxygens (including phenoxy) is 1. The van der Waals surface area contributed by atoms with Crippen LogP contribution in [0.25, 0.3) is 0 Å². The molecule has 4 amide bonds. The molecule has 1 aromatic carbocycles. The maximum atomic E-state index is 12.7. The van der Waals surface area contributed by atoms with Crippen molar-refractivity contribution in [2.45, 2.75) is 25.3 Å². The van der Waals surface area contributed by atoms with Gasteiger partial charge in [-0.25, -0.2) is 9.59 Å². The lowest BCUT2D eigenvalue weighted by molar-refractivity contribution is -0.140. The summed E-state index contributed by atoms with van der Waals surface area (Å²) in [6.45, 7) is 0.955. The Kier molecular flexibility index (Phi) is 5.87. The van der Waals surface area contributed by atoms with Gasteiger partial charge in [-0.1, -0.05) is 30.3 Å². The van der Waals surface area contributed by atoms with Gasteiger partial charge in [-0.2, -0.15) is 5.01 Å². The van der Waals surface area contributed by atoms with Gasteiger partial charge >= 0.3 is 12.0 Å². The number of pyridine rings is 1. The first-order valence-corrected chi connectivity index (χ1v) is 8.96. The second-order valence-electron chi connectivity index (χ2n) is 6.74. The lowest BCUT2D eigenvalue weighted by Gasteiger charge is -2.21. The van der Waals surface area contributed by atoms with Crippen LogP contribution in [-0.2, 0) is 20.7 Å². The van der Waals surface area contributed by atoms with Gasteiger partial charge in [0.15, 0.2) is 6.61 Å². The van der Waals surface area contributed by atoms with Crippen molar-refractivity contribution >= 4 is 23.8 Å². The highest BCUT2D eigenvalue weighted by molar-refractivity contribution is 6.07. The van der Waals surface area contributed by atoms with Crippen LogP contribution in [0.15, 0.2) is 54.9 Å². The van der Waals surface area contributed by atoms with Gasteiger partial charge in [-0.15, -0.1) is 0 Å². The van der Waals surface area contributed by atoms with Crippen molar-refractivity contribution in [1.82, 2.24) is 20.7 Å². The molecule has 0 saturated carbocycles. The molecule has 2 heterocycles. The average molecular weight is 396 g/mol. The maximum absolute atomic E-state index is 12.7. The number of esters is 1. The van der Waals surface area contributed by atoms with Crippen molar-refractivity contribution in [3.05, 3.63) is 66.0 Å². The standard InChI is InChI=1S/C20H20N4O5/c1-20(10-9-14-6-3-2-4-7-14)18(27)24(19(28)22-20)23-16(25)13-29-17(26)15-8-5-11-21-12-15/h2-8,11-12H,9-10,13H2,1H3,(H,22,28)(H,23,25)/t20-/m0/s1.